The summed E-state index contributed by atoms with van der Waals surface area (Å²) in [6, 6.07) is 8.15. The van der Waals surface area contributed by atoms with Crippen molar-refractivity contribution < 1.29 is 4.79 Å². The number of benzene rings is 1. The van der Waals surface area contributed by atoms with Gasteiger partial charge in [0.25, 0.3) is 0 Å². The molecule has 1 amide bonds. The van der Waals surface area contributed by atoms with Crippen LogP contribution in [0.2, 0.25) is 0 Å². The number of carbonyl (C=O) groups is 1. The minimum Gasteiger partial charge on any atom is -0.355 e. The van der Waals surface area contributed by atoms with Crippen molar-refractivity contribution in [1.82, 2.24) is 20.1 Å². The van der Waals surface area contributed by atoms with Crippen molar-refractivity contribution in [2.75, 3.05) is 12.3 Å². The van der Waals surface area contributed by atoms with E-state index in [1.807, 2.05) is 16.7 Å². The third kappa shape index (κ3) is 3.47. The van der Waals surface area contributed by atoms with Gasteiger partial charge in [-0.3, -0.25) is 9.36 Å². The van der Waals surface area contributed by atoms with Crippen molar-refractivity contribution >= 4 is 17.7 Å². The minimum atomic E-state index is 0.111. The van der Waals surface area contributed by atoms with Crippen LogP contribution in [0.1, 0.15) is 44.1 Å². The summed E-state index contributed by atoms with van der Waals surface area (Å²) in [5.41, 5.74) is 2.61. The van der Waals surface area contributed by atoms with Gasteiger partial charge in [-0.25, -0.2) is 0 Å². The third-order valence-electron chi connectivity index (χ3n) is 7.05. The van der Waals surface area contributed by atoms with E-state index >= 15 is 0 Å². The first kappa shape index (κ1) is 18.2. The number of rotatable bonds is 6. The number of carbonyl (C=O) groups excluding carboxylic acids is 1. The predicted molar refractivity (Wildman–Crippen MR) is 110 cm³/mol. The van der Waals surface area contributed by atoms with Crippen LogP contribution in [0.5, 0.6) is 0 Å². The fourth-order valence-corrected chi connectivity index (χ4v) is 7.05. The molecule has 6 heteroatoms. The zero-order valence-electron chi connectivity index (χ0n) is 16.4. The lowest BCUT2D eigenvalue weighted by molar-refractivity contribution is -0.120. The number of aryl methyl sites for hydroxylation is 1. The molecule has 0 spiro atoms. The lowest BCUT2D eigenvalue weighted by atomic mass is 9.49. The topological polar surface area (TPSA) is 59.8 Å². The molecule has 1 aromatic carbocycles. The Kier molecular flexibility index (Phi) is 4.69. The Balaban J connectivity index is 1.18. The van der Waals surface area contributed by atoms with E-state index in [1.54, 1.807) is 6.33 Å². The summed E-state index contributed by atoms with van der Waals surface area (Å²) < 4.78 is 1.96. The van der Waals surface area contributed by atoms with E-state index in [0.29, 0.717) is 11.2 Å². The summed E-state index contributed by atoms with van der Waals surface area (Å²) >= 11 is 1.46. The van der Waals surface area contributed by atoms with Crippen molar-refractivity contribution in [2.45, 2.75) is 50.6 Å². The summed E-state index contributed by atoms with van der Waals surface area (Å²) in [4.78, 5) is 12.6. The average molecular weight is 397 g/mol. The molecule has 6 rings (SSSR count). The van der Waals surface area contributed by atoms with Gasteiger partial charge in [0, 0.05) is 6.54 Å². The zero-order chi connectivity index (χ0) is 19.1. The van der Waals surface area contributed by atoms with Gasteiger partial charge in [0.15, 0.2) is 5.16 Å². The molecule has 5 nitrogen and oxygen atoms in total. The molecule has 0 atom stereocenters. The molecular formula is C22H28N4OS. The van der Waals surface area contributed by atoms with Gasteiger partial charge < -0.3 is 5.32 Å². The van der Waals surface area contributed by atoms with Crippen LogP contribution < -0.4 is 5.32 Å². The van der Waals surface area contributed by atoms with Gasteiger partial charge in [-0.2, -0.15) is 0 Å². The molecule has 2 aromatic rings. The summed E-state index contributed by atoms with van der Waals surface area (Å²) in [6.07, 6.45) is 10.0. The van der Waals surface area contributed by atoms with Gasteiger partial charge in [-0.05, 0) is 80.2 Å². The van der Waals surface area contributed by atoms with Gasteiger partial charge in [-0.1, -0.05) is 30.0 Å². The molecule has 1 N–H and O–H groups in total. The van der Waals surface area contributed by atoms with E-state index in [9.17, 15) is 4.79 Å². The van der Waals surface area contributed by atoms with Crippen LogP contribution in [0.3, 0.4) is 0 Å². The lowest BCUT2D eigenvalue weighted by Gasteiger charge is -2.56. The highest BCUT2D eigenvalue weighted by molar-refractivity contribution is 7.99. The van der Waals surface area contributed by atoms with Crippen LogP contribution in [-0.4, -0.2) is 33.0 Å². The first-order valence-electron chi connectivity index (χ1n) is 10.5. The Morgan fingerprint density at radius 3 is 2.54 bits per heavy atom. The molecule has 4 saturated carbocycles. The molecule has 1 aromatic heterocycles. The van der Waals surface area contributed by atoms with Crippen LogP contribution in [0.25, 0.3) is 5.69 Å². The number of aromatic nitrogens is 3. The number of thioether (sulfide) groups is 1. The molecule has 4 fully saturated rings. The molecule has 0 unspecified atom stereocenters. The quantitative estimate of drug-likeness (QED) is 0.750. The molecular weight excluding hydrogens is 368 g/mol. The van der Waals surface area contributed by atoms with Gasteiger partial charge in [0.05, 0.1) is 11.4 Å². The maximum atomic E-state index is 12.6. The standard InChI is InChI=1S/C22H28N4OS/c1-15-4-2-3-5-19(15)26-14-24-25-21(26)28-12-20(27)23-13-22-9-16-6-17(10-22)8-18(7-16)11-22/h2-5,14,16-18H,6-13H2,1H3,(H,23,27). The Bertz CT molecular complexity index is 842. The highest BCUT2D eigenvalue weighted by Crippen LogP contribution is 2.59. The summed E-state index contributed by atoms with van der Waals surface area (Å²) in [6.45, 7) is 2.93. The zero-order valence-corrected chi connectivity index (χ0v) is 17.3. The normalized spacial score (nSPS) is 30.5. The van der Waals surface area contributed by atoms with Gasteiger partial charge in [0.1, 0.15) is 6.33 Å². The smallest absolute Gasteiger partial charge is 0.230 e. The van der Waals surface area contributed by atoms with Crippen molar-refractivity contribution in [2.24, 2.45) is 23.2 Å². The SMILES string of the molecule is Cc1ccccc1-n1cnnc1SCC(=O)NCC12CC3CC(CC(C3)C1)C2. The molecule has 28 heavy (non-hydrogen) atoms. The van der Waals surface area contributed by atoms with E-state index in [-0.39, 0.29) is 5.91 Å². The molecule has 0 aliphatic heterocycles. The maximum Gasteiger partial charge on any atom is 0.230 e. The monoisotopic (exact) mass is 396 g/mol. The second-order valence-electron chi connectivity index (χ2n) is 9.25. The van der Waals surface area contributed by atoms with E-state index in [2.05, 4.69) is 34.6 Å². The second kappa shape index (κ2) is 7.21. The van der Waals surface area contributed by atoms with Crippen LogP contribution >= 0.6 is 11.8 Å². The molecule has 148 valence electrons. The minimum absolute atomic E-state index is 0.111. The van der Waals surface area contributed by atoms with E-state index in [4.69, 9.17) is 0 Å². The van der Waals surface area contributed by atoms with Crippen molar-refractivity contribution in [3.8, 4) is 5.69 Å². The first-order valence-corrected chi connectivity index (χ1v) is 11.4. The lowest BCUT2D eigenvalue weighted by Crippen LogP contribution is -2.51. The molecule has 1 heterocycles. The highest BCUT2D eigenvalue weighted by atomic mass is 32.2. The van der Waals surface area contributed by atoms with Gasteiger partial charge in [-0.15, -0.1) is 10.2 Å². The number of hydrogen-bond donors (Lipinski definition) is 1. The summed E-state index contributed by atoms with van der Waals surface area (Å²) in [7, 11) is 0. The fraction of sp³-hybridized carbons (Fsp3) is 0.591. The van der Waals surface area contributed by atoms with E-state index in [1.165, 1.54) is 50.3 Å². The van der Waals surface area contributed by atoms with Gasteiger partial charge >= 0.3 is 0 Å². The van der Waals surface area contributed by atoms with E-state index in [0.717, 1.165) is 40.7 Å². The molecule has 0 radical (unpaired) electrons. The largest absolute Gasteiger partial charge is 0.355 e. The predicted octanol–water partition coefficient (Wildman–Crippen LogP) is 4.00. The second-order valence-corrected chi connectivity index (χ2v) is 10.2. The first-order chi connectivity index (χ1) is 13.6. The summed E-state index contributed by atoms with van der Waals surface area (Å²) in [5, 5.41) is 12.3. The number of para-hydroxylation sites is 1. The number of nitrogens with one attached hydrogen (secondary N) is 1. The van der Waals surface area contributed by atoms with Gasteiger partial charge in [0.2, 0.25) is 5.91 Å². The molecule has 4 bridgehead atoms. The van der Waals surface area contributed by atoms with Crippen molar-refractivity contribution in [1.29, 1.82) is 0 Å². The number of nitrogens with zero attached hydrogens (tertiary/aromatic N) is 3. The molecule has 4 aliphatic rings. The number of hydrogen-bond acceptors (Lipinski definition) is 4. The Labute approximate surface area is 170 Å². The summed E-state index contributed by atoms with van der Waals surface area (Å²) in [5.74, 6) is 3.26. The van der Waals surface area contributed by atoms with Crippen molar-refractivity contribution in [3.63, 3.8) is 0 Å². The average Bonchev–Trinajstić information content (AvgIpc) is 3.12. The van der Waals surface area contributed by atoms with Crippen LogP contribution in [0.4, 0.5) is 0 Å². The third-order valence-corrected chi connectivity index (χ3v) is 7.99. The molecule has 0 saturated heterocycles. The molecule has 4 aliphatic carbocycles. The van der Waals surface area contributed by atoms with Crippen LogP contribution in [0.15, 0.2) is 35.7 Å². The van der Waals surface area contributed by atoms with Crippen molar-refractivity contribution in [3.05, 3.63) is 36.2 Å². The Hall–Kier alpha value is -1.82. The van der Waals surface area contributed by atoms with E-state index < -0.39 is 0 Å². The Morgan fingerprint density at radius 1 is 1.18 bits per heavy atom. The fourth-order valence-electron chi connectivity index (χ4n) is 6.30. The Morgan fingerprint density at radius 2 is 1.86 bits per heavy atom. The number of amides is 1. The maximum absolute atomic E-state index is 12.6. The highest BCUT2D eigenvalue weighted by Gasteiger charge is 2.50. The van der Waals surface area contributed by atoms with Crippen LogP contribution in [-0.2, 0) is 4.79 Å². The van der Waals surface area contributed by atoms with Crippen LogP contribution in [0, 0.1) is 30.1 Å².